The largest absolute Gasteiger partial charge is 0.397 e. The number of anilines is 2. The van der Waals surface area contributed by atoms with Gasteiger partial charge in [0.25, 0.3) is 0 Å². The Bertz CT molecular complexity index is 269. The first kappa shape index (κ1) is 9.90. The standard InChI is InChI=1S/C11H18N2/c1-2-3-4-5-9-6-7-10(12)11(13)8-9/h6-8H,2-5,12-13H2,1H3. The van der Waals surface area contributed by atoms with Crippen LogP contribution < -0.4 is 11.5 Å². The normalized spacial score (nSPS) is 10.2. The summed E-state index contributed by atoms with van der Waals surface area (Å²) in [6.45, 7) is 2.21. The number of nitrogen functional groups attached to an aromatic ring is 2. The molecule has 0 aliphatic carbocycles. The van der Waals surface area contributed by atoms with Crippen LogP contribution in [-0.4, -0.2) is 0 Å². The number of nitrogens with two attached hydrogens (primary N) is 2. The molecule has 0 bridgehead atoms. The van der Waals surface area contributed by atoms with Crippen molar-refractivity contribution in [1.82, 2.24) is 0 Å². The molecule has 1 aromatic rings. The van der Waals surface area contributed by atoms with Crippen LogP contribution in [0.4, 0.5) is 11.4 Å². The summed E-state index contributed by atoms with van der Waals surface area (Å²) in [4.78, 5) is 0. The summed E-state index contributed by atoms with van der Waals surface area (Å²) in [7, 11) is 0. The second-order valence-electron chi connectivity index (χ2n) is 3.42. The molecule has 0 saturated carbocycles. The van der Waals surface area contributed by atoms with Crippen LogP contribution in [-0.2, 0) is 6.42 Å². The summed E-state index contributed by atoms with van der Waals surface area (Å²) in [6.07, 6.45) is 4.88. The number of rotatable bonds is 4. The van der Waals surface area contributed by atoms with E-state index in [1.54, 1.807) is 0 Å². The lowest BCUT2D eigenvalue weighted by atomic mass is 10.1. The lowest BCUT2D eigenvalue weighted by Gasteiger charge is -2.04. The van der Waals surface area contributed by atoms with Gasteiger partial charge in [0.15, 0.2) is 0 Å². The third kappa shape index (κ3) is 2.98. The van der Waals surface area contributed by atoms with Gasteiger partial charge in [-0.05, 0) is 30.5 Å². The first-order valence-electron chi connectivity index (χ1n) is 4.88. The van der Waals surface area contributed by atoms with Crippen molar-refractivity contribution in [1.29, 1.82) is 0 Å². The summed E-state index contributed by atoms with van der Waals surface area (Å²) >= 11 is 0. The van der Waals surface area contributed by atoms with Crippen LogP contribution in [0.5, 0.6) is 0 Å². The van der Waals surface area contributed by atoms with Crippen molar-refractivity contribution in [2.45, 2.75) is 32.6 Å². The van der Waals surface area contributed by atoms with Crippen LogP contribution >= 0.6 is 0 Å². The van der Waals surface area contributed by atoms with Crippen LogP contribution in [0.3, 0.4) is 0 Å². The maximum atomic E-state index is 5.70. The first-order chi connectivity index (χ1) is 6.24. The number of aryl methyl sites for hydroxylation is 1. The number of hydrogen-bond donors (Lipinski definition) is 2. The van der Waals surface area contributed by atoms with Gasteiger partial charge in [-0.2, -0.15) is 0 Å². The highest BCUT2D eigenvalue weighted by Crippen LogP contribution is 2.17. The molecule has 72 valence electrons. The molecule has 0 aliphatic heterocycles. The van der Waals surface area contributed by atoms with E-state index in [0.717, 1.165) is 6.42 Å². The predicted molar refractivity (Wildman–Crippen MR) is 58.5 cm³/mol. The smallest absolute Gasteiger partial charge is 0.0550 e. The Hall–Kier alpha value is -1.18. The molecule has 0 amide bonds. The highest BCUT2D eigenvalue weighted by atomic mass is 14.7. The summed E-state index contributed by atoms with van der Waals surface area (Å²) < 4.78 is 0. The van der Waals surface area contributed by atoms with Gasteiger partial charge in [0.1, 0.15) is 0 Å². The summed E-state index contributed by atoms with van der Waals surface area (Å²) in [5, 5.41) is 0. The third-order valence-corrected chi connectivity index (χ3v) is 2.22. The summed E-state index contributed by atoms with van der Waals surface area (Å²) in [6, 6.07) is 5.92. The molecule has 0 fully saturated rings. The van der Waals surface area contributed by atoms with Gasteiger partial charge in [-0.1, -0.05) is 25.8 Å². The molecule has 0 unspecified atom stereocenters. The summed E-state index contributed by atoms with van der Waals surface area (Å²) in [5.41, 5.74) is 14.0. The molecule has 0 heterocycles. The third-order valence-electron chi connectivity index (χ3n) is 2.22. The van der Waals surface area contributed by atoms with Crippen LogP contribution in [0.15, 0.2) is 18.2 Å². The topological polar surface area (TPSA) is 52.0 Å². The molecule has 4 N–H and O–H groups in total. The van der Waals surface area contributed by atoms with E-state index in [0.29, 0.717) is 11.4 Å². The predicted octanol–water partition coefficient (Wildman–Crippen LogP) is 2.58. The van der Waals surface area contributed by atoms with Crippen molar-refractivity contribution in [2.24, 2.45) is 0 Å². The van der Waals surface area contributed by atoms with Gasteiger partial charge in [-0.15, -0.1) is 0 Å². The van der Waals surface area contributed by atoms with E-state index in [1.165, 1.54) is 24.8 Å². The van der Waals surface area contributed by atoms with E-state index in [9.17, 15) is 0 Å². The molecule has 1 rings (SSSR count). The van der Waals surface area contributed by atoms with Gasteiger partial charge >= 0.3 is 0 Å². The molecule has 2 heteroatoms. The highest BCUT2D eigenvalue weighted by Gasteiger charge is 1.96. The Labute approximate surface area is 79.9 Å². The minimum Gasteiger partial charge on any atom is -0.397 e. The van der Waals surface area contributed by atoms with Crippen LogP contribution in [0.2, 0.25) is 0 Å². The molecule has 13 heavy (non-hydrogen) atoms. The zero-order valence-corrected chi connectivity index (χ0v) is 8.22. The van der Waals surface area contributed by atoms with Crippen molar-refractivity contribution in [2.75, 3.05) is 11.5 Å². The highest BCUT2D eigenvalue weighted by molar-refractivity contribution is 5.63. The second-order valence-corrected chi connectivity index (χ2v) is 3.42. The molecule has 2 nitrogen and oxygen atoms in total. The molecule has 0 atom stereocenters. The summed E-state index contributed by atoms with van der Waals surface area (Å²) in [5.74, 6) is 0. The van der Waals surface area contributed by atoms with E-state index in [2.05, 4.69) is 13.0 Å². The Balaban J connectivity index is 2.53. The average molecular weight is 178 g/mol. The molecule has 0 spiro atoms. The Kier molecular flexibility index (Phi) is 3.62. The molecule has 0 saturated heterocycles. The van der Waals surface area contributed by atoms with Gasteiger partial charge in [0, 0.05) is 0 Å². The van der Waals surface area contributed by atoms with Gasteiger partial charge in [-0.3, -0.25) is 0 Å². The molecular weight excluding hydrogens is 160 g/mol. The van der Waals surface area contributed by atoms with E-state index in [4.69, 9.17) is 11.5 Å². The SMILES string of the molecule is CCCCCc1ccc(N)c(N)c1. The van der Waals surface area contributed by atoms with Gasteiger partial charge < -0.3 is 11.5 Å². The van der Waals surface area contributed by atoms with Crippen molar-refractivity contribution >= 4 is 11.4 Å². The maximum absolute atomic E-state index is 5.70. The molecular formula is C11H18N2. The fraction of sp³-hybridized carbons (Fsp3) is 0.455. The molecule has 0 aromatic heterocycles. The Morgan fingerprint density at radius 1 is 1.08 bits per heavy atom. The quantitative estimate of drug-likeness (QED) is 0.550. The van der Waals surface area contributed by atoms with Gasteiger partial charge in [-0.25, -0.2) is 0 Å². The molecule has 0 radical (unpaired) electrons. The lowest BCUT2D eigenvalue weighted by Crippen LogP contribution is -1.96. The van der Waals surface area contributed by atoms with Crippen LogP contribution in [0, 0.1) is 0 Å². The van der Waals surface area contributed by atoms with Gasteiger partial charge in [0.05, 0.1) is 11.4 Å². The van der Waals surface area contributed by atoms with Crippen LogP contribution in [0.1, 0.15) is 31.7 Å². The van der Waals surface area contributed by atoms with Crippen molar-refractivity contribution in [3.63, 3.8) is 0 Å². The Morgan fingerprint density at radius 2 is 1.85 bits per heavy atom. The Morgan fingerprint density at radius 3 is 2.46 bits per heavy atom. The molecule has 1 aromatic carbocycles. The van der Waals surface area contributed by atoms with Crippen molar-refractivity contribution < 1.29 is 0 Å². The minimum absolute atomic E-state index is 0.680. The second kappa shape index (κ2) is 4.75. The number of hydrogen-bond acceptors (Lipinski definition) is 2. The number of unbranched alkanes of at least 4 members (excludes halogenated alkanes) is 2. The lowest BCUT2D eigenvalue weighted by molar-refractivity contribution is 0.717. The van der Waals surface area contributed by atoms with E-state index >= 15 is 0 Å². The monoisotopic (exact) mass is 178 g/mol. The zero-order valence-electron chi connectivity index (χ0n) is 8.22. The van der Waals surface area contributed by atoms with E-state index in [-0.39, 0.29) is 0 Å². The maximum Gasteiger partial charge on any atom is 0.0550 e. The first-order valence-corrected chi connectivity index (χ1v) is 4.88. The van der Waals surface area contributed by atoms with Crippen LogP contribution in [0.25, 0.3) is 0 Å². The van der Waals surface area contributed by atoms with E-state index < -0.39 is 0 Å². The van der Waals surface area contributed by atoms with E-state index in [1.807, 2.05) is 12.1 Å². The fourth-order valence-corrected chi connectivity index (χ4v) is 1.36. The fourth-order valence-electron chi connectivity index (χ4n) is 1.36. The van der Waals surface area contributed by atoms with Gasteiger partial charge in [0.2, 0.25) is 0 Å². The zero-order chi connectivity index (χ0) is 9.68. The molecule has 0 aliphatic rings. The minimum atomic E-state index is 0.680. The average Bonchev–Trinajstić information content (AvgIpc) is 2.12. The van der Waals surface area contributed by atoms with Crippen molar-refractivity contribution in [3.8, 4) is 0 Å². The number of benzene rings is 1. The van der Waals surface area contributed by atoms with Crippen molar-refractivity contribution in [3.05, 3.63) is 23.8 Å².